The highest BCUT2D eigenvalue weighted by atomic mass is 35.5. The Labute approximate surface area is 195 Å². The fourth-order valence-electron chi connectivity index (χ4n) is 4.18. The molecule has 1 aliphatic rings. The van der Waals surface area contributed by atoms with Crippen LogP contribution in [-0.4, -0.2) is 52.8 Å². The molecule has 0 radical (unpaired) electrons. The molecule has 33 heavy (non-hydrogen) atoms. The number of ketones is 1. The number of amides is 1. The number of furan rings is 1. The third kappa shape index (κ3) is 4.26. The minimum atomic E-state index is -1.07. The van der Waals surface area contributed by atoms with Crippen LogP contribution in [0.5, 0.6) is 0 Å². The van der Waals surface area contributed by atoms with Crippen molar-refractivity contribution in [3.63, 3.8) is 0 Å². The van der Waals surface area contributed by atoms with Crippen LogP contribution >= 0.6 is 11.6 Å². The first-order valence-corrected chi connectivity index (χ1v) is 11.2. The Morgan fingerprint density at radius 2 is 1.91 bits per heavy atom. The number of likely N-dealkylation sites (N-methyl/N-ethyl adjacent to an activating group) is 1. The first-order valence-electron chi connectivity index (χ1n) is 10.8. The molecular formula is C25H24ClFN2O4. The van der Waals surface area contributed by atoms with E-state index < -0.39 is 29.3 Å². The maximum absolute atomic E-state index is 14.8. The van der Waals surface area contributed by atoms with Crippen molar-refractivity contribution >= 4 is 34.3 Å². The summed E-state index contributed by atoms with van der Waals surface area (Å²) in [4.78, 5) is 30.0. The lowest BCUT2D eigenvalue weighted by atomic mass is 9.94. The maximum Gasteiger partial charge on any atom is 0.290 e. The van der Waals surface area contributed by atoms with Crippen LogP contribution < -0.4 is 0 Å². The van der Waals surface area contributed by atoms with E-state index in [4.69, 9.17) is 16.0 Å². The Morgan fingerprint density at radius 1 is 1.18 bits per heavy atom. The van der Waals surface area contributed by atoms with Crippen molar-refractivity contribution in [3.8, 4) is 0 Å². The molecule has 0 spiro atoms. The molecule has 1 aliphatic heterocycles. The highest BCUT2D eigenvalue weighted by Gasteiger charge is 2.45. The number of hydrogen-bond acceptors (Lipinski definition) is 5. The molecule has 0 saturated carbocycles. The predicted molar refractivity (Wildman–Crippen MR) is 124 cm³/mol. The van der Waals surface area contributed by atoms with E-state index in [1.165, 1.54) is 29.2 Å². The van der Waals surface area contributed by atoms with Crippen molar-refractivity contribution in [1.29, 1.82) is 0 Å². The van der Waals surface area contributed by atoms with Gasteiger partial charge in [0, 0.05) is 29.1 Å². The average Bonchev–Trinajstić information content (AvgIpc) is 3.33. The molecule has 2 aromatic carbocycles. The number of aliphatic hydroxyl groups excluding tert-OH is 1. The van der Waals surface area contributed by atoms with Crippen molar-refractivity contribution < 1.29 is 23.5 Å². The first-order chi connectivity index (χ1) is 15.8. The Hall–Kier alpha value is -3.16. The number of aliphatic hydroxyl groups is 1. The summed E-state index contributed by atoms with van der Waals surface area (Å²) in [7, 11) is 0. The Bertz CT molecular complexity index is 1250. The Balaban J connectivity index is 1.77. The number of fused-ring (bicyclic) bond motifs is 1. The average molecular weight is 471 g/mol. The number of rotatable bonds is 8. The molecule has 1 unspecified atom stereocenters. The second kappa shape index (κ2) is 9.37. The zero-order valence-electron chi connectivity index (χ0n) is 18.3. The van der Waals surface area contributed by atoms with Gasteiger partial charge in [-0.3, -0.25) is 9.59 Å². The zero-order chi connectivity index (χ0) is 23.7. The van der Waals surface area contributed by atoms with Gasteiger partial charge in [0.25, 0.3) is 5.91 Å². The van der Waals surface area contributed by atoms with Crippen LogP contribution in [0.4, 0.5) is 4.39 Å². The molecule has 3 aromatic rings. The van der Waals surface area contributed by atoms with E-state index in [2.05, 4.69) is 4.90 Å². The summed E-state index contributed by atoms with van der Waals surface area (Å²) < 4.78 is 20.5. The van der Waals surface area contributed by atoms with Crippen LogP contribution in [0.15, 0.2) is 64.3 Å². The third-order valence-electron chi connectivity index (χ3n) is 6.00. The number of nitrogens with zero attached hydrogens (tertiary/aromatic N) is 2. The molecule has 1 N–H and O–H groups in total. The number of benzene rings is 2. The molecule has 0 saturated heterocycles. The largest absolute Gasteiger partial charge is 0.503 e. The SMILES string of the molecule is CCN(CC)CCN1C(=O)C(O)=C(C(=O)c2cc3cc(Cl)ccc3o2)C1c1ccccc1F. The van der Waals surface area contributed by atoms with Crippen molar-refractivity contribution in [3.05, 3.63) is 82.0 Å². The molecule has 4 rings (SSSR count). The lowest BCUT2D eigenvalue weighted by molar-refractivity contribution is -0.129. The zero-order valence-corrected chi connectivity index (χ0v) is 19.1. The van der Waals surface area contributed by atoms with E-state index in [0.29, 0.717) is 22.5 Å². The van der Waals surface area contributed by atoms with Crippen LogP contribution in [0.2, 0.25) is 5.02 Å². The van der Waals surface area contributed by atoms with Gasteiger partial charge in [-0.15, -0.1) is 0 Å². The minimum absolute atomic E-state index is 0.0615. The summed E-state index contributed by atoms with van der Waals surface area (Å²) in [6.45, 7) is 6.28. The molecule has 0 aliphatic carbocycles. The topological polar surface area (TPSA) is 74.0 Å². The van der Waals surface area contributed by atoms with E-state index in [9.17, 15) is 19.1 Å². The molecule has 8 heteroatoms. The lowest BCUT2D eigenvalue weighted by Crippen LogP contribution is -2.39. The van der Waals surface area contributed by atoms with Crippen molar-refractivity contribution in [2.24, 2.45) is 0 Å². The number of carbonyl (C=O) groups excluding carboxylic acids is 2. The minimum Gasteiger partial charge on any atom is -0.503 e. The molecule has 2 heterocycles. The van der Waals surface area contributed by atoms with Gasteiger partial charge in [0.05, 0.1) is 11.6 Å². The fourth-order valence-corrected chi connectivity index (χ4v) is 4.36. The summed E-state index contributed by atoms with van der Waals surface area (Å²) in [6, 6.07) is 11.3. The lowest BCUT2D eigenvalue weighted by Gasteiger charge is -2.29. The fraction of sp³-hybridized carbons (Fsp3) is 0.280. The molecule has 1 aromatic heterocycles. The van der Waals surface area contributed by atoms with Gasteiger partial charge in [0.15, 0.2) is 11.5 Å². The van der Waals surface area contributed by atoms with E-state index >= 15 is 0 Å². The molecule has 172 valence electrons. The summed E-state index contributed by atoms with van der Waals surface area (Å²) in [5, 5.41) is 11.8. The van der Waals surface area contributed by atoms with Crippen molar-refractivity contribution in [1.82, 2.24) is 9.80 Å². The normalized spacial score (nSPS) is 16.5. The summed E-state index contributed by atoms with van der Waals surface area (Å²) >= 11 is 6.03. The van der Waals surface area contributed by atoms with Gasteiger partial charge in [0.2, 0.25) is 5.78 Å². The summed E-state index contributed by atoms with van der Waals surface area (Å²) in [5.41, 5.74) is 0.375. The standard InChI is InChI=1S/C25H24ClFN2O4/c1-3-28(4-2)11-12-29-22(17-7-5-6-8-18(17)27)21(24(31)25(29)32)23(30)20-14-15-13-16(26)9-10-19(15)33-20/h5-10,13-14,22,31H,3-4,11-12H2,1-2H3. The van der Waals surface area contributed by atoms with Gasteiger partial charge in [-0.05, 0) is 43.4 Å². The Morgan fingerprint density at radius 3 is 2.61 bits per heavy atom. The van der Waals surface area contributed by atoms with Crippen LogP contribution in [0, 0.1) is 5.82 Å². The Kier molecular flexibility index (Phi) is 6.54. The van der Waals surface area contributed by atoms with Crippen molar-refractivity contribution in [2.45, 2.75) is 19.9 Å². The van der Waals surface area contributed by atoms with Gasteiger partial charge < -0.3 is 19.3 Å². The molecule has 1 amide bonds. The van der Waals surface area contributed by atoms with Crippen molar-refractivity contribution in [2.75, 3.05) is 26.2 Å². The number of halogens is 2. The van der Waals surface area contributed by atoms with Gasteiger partial charge in [0.1, 0.15) is 11.4 Å². The third-order valence-corrected chi connectivity index (χ3v) is 6.24. The second-order valence-electron chi connectivity index (χ2n) is 7.83. The molecule has 0 fully saturated rings. The van der Waals surface area contributed by atoms with E-state index in [0.717, 1.165) is 13.1 Å². The van der Waals surface area contributed by atoms with E-state index in [-0.39, 0.29) is 23.4 Å². The van der Waals surface area contributed by atoms with Gasteiger partial charge >= 0.3 is 0 Å². The molecule has 1 atom stereocenters. The highest BCUT2D eigenvalue weighted by Crippen LogP contribution is 2.40. The molecular weight excluding hydrogens is 447 g/mol. The van der Waals surface area contributed by atoms with Gasteiger partial charge in [-0.2, -0.15) is 0 Å². The smallest absolute Gasteiger partial charge is 0.290 e. The second-order valence-corrected chi connectivity index (χ2v) is 8.27. The molecule has 6 nitrogen and oxygen atoms in total. The summed E-state index contributed by atoms with van der Waals surface area (Å²) in [5.74, 6) is -2.70. The maximum atomic E-state index is 14.8. The number of Topliss-reactive ketones (excluding diaryl/α,β-unsaturated/α-hetero) is 1. The van der Waals surface area contributed by atoms with Crippen LogP contribution in [-0.2, 0) is 4.79 Å². The van der Waals surface area contributed by atoms with Crippen LogP contribution in [0.25, 0.3) is 11.0 Å². The first kappa shape index (κ1) is 23.0. The predicted octanol–water partition coefficient (Wildman–Crippen LogP) is 5.15. The van der Waals surface area contributed by atoms with Crippen LogP contribution in [0.3, 0.4) is 0 Å². The van der Waals surface area contributed by atoms with Gasteiger partial charge in [-0.25, -0.2) is 4.39 Å². The monoisotopic (exact) mass is 470 g/mol. The number of carbonyl (C=O) groups is 2. The summed E-state index contributed by atoms with van der Waals surface area (Å²) in [6.07, 6.45) is 0. The van der Waals surface area contributed by atoms with E-state index in [1.54, 1.807) is 24.3 Å². The number of hydrogen-bond donors (Lipinski definition) is 1. The quantitative estimate of drug-likeness (QED) is 0.461. The van der Waals surface area contributed by atoms with Crippen LogP contribution in [0.1, 0.15) is 36.0 Å². The van der Waals surface area contributed by atoms with Gasteiger partial charge in [-0.1, -0.05) is 43.6 Å². The highest BCUT2D eigenvalue weighted by molar-refractivity contribution is 6.31. The molecule has 0 bridgehead atoms. The van der Waals surface area contributed by atoms with E-state index in [1.807, 2.05) is 13.8 Å².